The summed E-state index contributed by atoms with van der Waals surface area (Å²) in [5, 5.41) is 10.3. The van der Waals surface area contributed by atoms with Crippen molar-refractivity contribution in [1.82, 2.24) is 0 Å². The Kier molecular flexibility index (Phi) is 6.06. The van der Waals surface area contributed by atoms with Gasteiger partial charge in [0.1, 0.15) is 6.04 Å². The quantitative estimate of drug-likeness (QED) is 0.766. The van der Waals surface area contributed by atoms with Crippen LogP contribution in [0.4, 0.5) is 5.69 Å². The summed E-state index contributed by atoms with van der Waals surface area (Å²) < 4.78 is 0. The summed E-state index contributed by atoms with van der Waals surface area (Å²) >= 11 is 12.6. The minimum absolute atomic E-state index is 0.180. The Labute approximate surface area is 173 Å². The van der Waals surface area contributed by atoms with Gasteiger partial charge in [0.25, 0.3) is 5.91 Å². The van der Waals surface area contributed by atoms with E-state index in [-0.39, 0.29) is 11.8 Å². The fourth-order valence-corrected chi connectivity index (χ4v) is 3.63. The first kappa shape index (κ1) is 20.4. The summed E-state index contributed by atoms with van der Waals surface area (Å²) in [6.07, 6.45) is -0.400. The molecule has 1 heterocycles. The molecule has 7 heteroatoms. The zero-order chi connectivity index (χ0) is 20.4. The molecule has 1 aliphatic heterocycles. The molecule has 28 heavy (non-hydrogen) atoms. The molecule has 1 unspecified atom stereocenters. The van der Waals surface area contributed by atoms with Crippen LogP contribution in [0, 0.1) is 5.92 Å². The van der Waals surface area contributed by atoms with Gasteiger partial charge in [-0.05, 0) is 30.2 Å². The predicted octanol–water partition coefficient (Wildman–Crippen LogP) is 4.68. The second-order valence-electron chi connectivity index (χ2n) is 7.08. The van der Waals surface area contributed by atoms with Crippen LogP contribution in [-0.4, -0.2) is 35.3 Å². The summed E-state index contributed by atoms with van der Waals surface area (Å²) in [6.45, 7) is 4.43. The number of halogens is 2. The molecule has 0 bridgehead atoms. The number of rotatable bonds is 5. The Morgan fingerprint density at radius 3 is 2.54 bits per heavy atom. The van der Waals surface area contributed by atoms with Crippen molar-refractivity contribution in [2.45, 2.75) is 26.3 Å². The van der Waals surface area contributed by atoms with Crippen LogP contribution in [0.15, 0.2) is 47.5 Å². The van der Waals surface area contributed by atoms with E-state index in [4.69, 9.17) is 23.2 Å². The Morgan fingerprint density at radius 1 is 1.18 bits per heavy atom. The average Bonchev–Trinajstić information content (AvgIpc) is 2.72. The molecule has 0 saturated heterocycles. The largest absolute Gasteiger partial charge is 0.481 e. The minimum Gasteiger partial charge on any atom is -0.481 e. The van der Waals surface area contributed by atoms with E-state index in [9.17, 15) is 14.7 Å². The monoisotopic (exact) mass is 418 g/mol. The van der Waals surface area contributed by atoms with E-state index in [2.05, 4.69) is 4.99 Å². The molecule has 146 valence electrons. The lowest BCUT2D eigenvalue weighted by Gasteiger charge is -2.26. The number of fused-ring (bicyclic) bond motifs is 1. The lowest BCUT2D eigenvalue weighted by atomic mass is 9.99. The van der Waals surface area contributed by atoms with Gasteiger partial charge in [-0.15, -0.1) is 0 Å². The van der Waals surface area contributed by atoms with E-state index in [0.29, 0.717) is 39.1 Å². The second-order valence-corrected chi connectivity index (χ2v) is 7.92. The molecule has 2 aromatic carbocycles. The molecule has 2 aromatic rings. The maximum Gasteiger partial charge on any atom is 0.306 e. The Hall–Kier alpha value is -2.37. The summed E-state index contributed by atoms with van der Waals surface area (Å²) in [6, 6.07) is 11.3. The third-order valence-corrected chi connectivity index (χ3v) is 4.95. The van der Waals surface area contributed by atoms with Gasteiger partial charge in [-0.1, -0.05) is 55.2 Å². The van der Waals surface area contributed by atoms with Crippen LogP contribution in [0.3, 0.4) is 0 Å². The number of hydrogen-bond acceptors (Lipinski definition) is 3. The Bertz CT molecular complexity index is 956. The number of aliphatic carboxylic acids is 1. The average molecular weight is 419 g/mol. The van der Waals surface area contributed by atoms with Crippen molar-refractivity contribution in [3.05, 3.63) is 63.6 Å². The topological polar surface area (TPSA) is 70.0 Å². The molecule has 3 rings (SSSR count). The number of benzene rings is 2. The number of carbonyl (C=O) groups is 2. The van der Waals surface area contributed by atoms with Crippen LogP contribution in [-0.2, 0) is 9.59 Å². The molecular weight excluding hydrogens is 399 g/mol. The van der Waals surface area contributed by atoms with Crippen LogP contribution < -0.4 is 4.90 Å². The van der Waals surface area contributed by atoms with Crippen molar-refractivity contribution < 1.29 is 14.7 Å². The zero-order valence-corrected chi connectivity index (χ0v) is 17.0. The number of nitrogens with zero attached hydrogens (tertiary/aromatic N) is 2. The van der Waals surface area contributed by atoms with Gasteiger partial charge < -0.3 is 10.0 Å². The summed E-state index contributed by atoms with van der Waals surface area (Å²) in [4.78, 5) is 30.8. The van der Waals surface area contributed by atoms with Gasteiger partial charge in [0.2, 0.25) is 0 Å². The number of aliphatic imine (C=N–C) groups is 1. The van der Waals surface area contributed by atoms with E-state index in [0.717, 1.165) is 0 Å². The molecule has 1 aliphatic rings. The molecule has 0 aliphatic carbocycles. The van der Waals surface area contributed by atoms with Crippen LogP contribution >= 0.6 is 23.2 Å². The Morgan fingerprint density at radius 2 is 1.89 bits per heavy atom. The van der Waals surface area contributed by atoms with Crippen molar-refractivity contribution in [1.29, 1.82) is 0 Å². The number of amides is 1. The molecule has 5 nitrogen and oxygen atoms in total. The first-order valence-electron chi connectivity index (χ1n) is 8.93. The number of anilines is 1. The highest BCUT2D eigenvalue weighted by atomic mass is 35.5. The predicted molar refractivity (Wildman–Crippen MR) is 112 cm³/mol. The maximum absolute atomic E-state index is 13.2. The molecule has 1 atom stereocenters. The van der Waals surface area contributed by atoms with E-state index >= 15 is 0 Å². The molecule has 0 spiro atoms. The molecule has 0 aromatic heterocycles. The van der Waals surface area contributed by atoms with Crippen LogP contribution in [0.5, 0.6) is 0 Å². The zero-order valence-electron chi connectivity index (χ0n) is 15.5. The van der Waals surface area contributed by atoms with E-state index < -0.39 is 18.4 Å². The standard InChI is InChI=1S/C21H20Cl2N2O3/c1-12(2)11-25-18-8-7-13(22)9-15(18)20(14-5-3-4-6-16(14)23)24-17(21(25)28)10-19(26)27/h3-9,12,17H,10-11H2,1-2H3,(H,26,27). The number of benzodiazepines with no additional fused rings is 1. The normalized spacial score (nSPS) is 16.6. The first-order chi connectivity index (χ1) is 13.3. The SMILES string of the molecule is CC(C)CN1C(=O)C(CC(=O)O)N=C(c2ccccc2Cl)c2cc(Cl)ccc21. The van der Waals surface area contributed by atoms with Gasteiger partial charge in [-0.3, -0.25) is 14.6 Å². The van der Waals surface area contributed by atoms with E-state index in [1.807, 2.05) is 19.9 Å². The van der Waals surface area contributed by atoms with Crippen molar-refractivity contribution in [3.63, 3.8) is 0 Å². The van der Waals surface area contributed by atoms with Crippen molar-refractivity contribution >= 4 is 46.5 Å². The van der Waals surface area contributed by atoms with Crippen LogP contribution in [0.25, 0.3) is 0 Å². The minimum atomic E-state index is -1.09. The van der Waals surface area contributed by atoms with Crippen molar-refractivity contribution in [2.24, 2.45) is 10.9 Å². The fourth-order valence-electron chi connectivity index (χ4n) is 3.23. The number of carboxylic acid groups (broad SMARTS) is 1. The van der Waals surface area contributed by atoms with Gasteiger partial charge in [-0.25, -0.2) is 0 Å². The molecule has 0 radical (unpaired) electrons. The van der Waals surface area contributed by atoms with E-state index in [1.54, 1.807) is 41.3 Å². The van der Waals surface area contributed by atoms with Gasteiger partial charge in [0.15, 0.2) is 0 Å². The van der Waals surface area contributed by atoms with Crippen LogP contribution in [0.1, 0.15) is 31.4 Å². The summed E-state index contributed by atoms with van der Waals surface area (Å²) in [5.41, 5.74) is 2.40. The third kappa shape index (κ3) is 4.21. The highest BCUT2D eigenvalue weighted by Gasteiger charge is 2.34. The number of carbonyl (C=O) groups excluding carboxylic acids is 1. The fraction of sp³-hybridized carbons (Fsp3) is 0.286. The highest BCUT2D eigenvalue weighted by Crippen LogP contribution is 2.33. The van der Waals surface area contributed by atoms with Gasteiger partial charge >= 0.3 is 5.97 Å². The number of hydrogen-bond donors (Lipinski definition) is 1. The van der Waals surface area contributed by atoms with Gasteiger partial charge in [0, 0.05) is 27.7 Å². The third-order valence-electron chi connectivity index (χ3n) is 4.39. The maximum atomic E-state index is 13.2. The molecule has 1 amide bonds. The lowest BCUT2D eigenvalue weighted by Crippen LogP contribution is -2.41. The molecule has 0 fully saturated rings. The molecule has 0 saturated carbocycles. The number of carboxylic acids is 1. The first-order valence-corrected chi connectivity index (χ1v) is 9.69. The van der Waals surface area contributed by atoms with Crippen molar-refractivity contribution in [3.8, 4) is 0 Å². The summed E-state index contributed by atoms with van der Waals surface area (Å²) in [7, 11) is 0. The molecular formula is C21H20Cl2N2O3. The summed E-state index contributed by atoms with van der Waals surface area (Å²) in [5.74, 6) is -1.25. The highest BCUT2D eigenvalue weighted by molar-refractivity contribution is 6.37. The second kappa shape index (κ2) is 8.33. The van der Waals surface area contributed by atoms with Gasteiger partial charge in [0.05, 0.1) is 17.8 Å². The van der Waals surface area contributed by atoms with E-state index in [1.165, 1.54) is 0 Å². The van der Waals surface area contributed by atoms with Crippen molar-refractivity contribution in [2.75, 3.05) is 11.4 Å². The molecule has 1 N–H and O–H groups in total. The lowest BCUT2D eigenvalue weighted by molar-refractivity contribution is -0.139. The van der Waals surface area contributed by atoms with Crippen LogP contribution in [0.2, 0.25) is 10.0 Å². The smallest absolute Gasteiger partial charge is 0.306 e. The Balaban J connectivity index is 2.28. The van der Waals surface area contributed by atoms with Gasteiger partial charge in [-0.2, -0.15) is 0 Å².